The van der Waals surface area contributed by atoms with Crippen molar-refractivity contribution in [2.75, 3.05) is 12.3 Å². The molecule has 5 amide bonds. The zero-order valence-corrected chi connectivity index (χ0v) is 33.9. The molecule has 15 heteroatoms. The first-order valence-electron chi connectivity index (χ1n) is 18.5. The number of amides is 5. The fraction of sp³-hybridized carbons (Fsp3) is 0.684. The van der Waals surface area contributed by atoms with Gasteiger partial charge in [0.2, 0.25) is 11.8 Å². The van der Waals surface area contributed by atoms with Gasteiger partial charge in [0, 0.05) is 12.5 Å². The summed E-state index contributed by atoms with van der Waals surface area (Å²) in [6.45, 7) is 18.4. The quantitative estimate of drug-likeness (QED) is 0.245. The van der Waals surface area contributed by atoms with E-state index in [1.807, 2.05) is 13.8 Å². The summed E-state index contributed by atoms with van der Waals surface area (Å²) in [7, 11) is -7.83. The Kier molecular flexibility index (Phi) is 10.5. The van der Waals surface area contributed by atoms with E-state index in [0.29, 0.717) is 12.8 Å². The van der Waals surface area contributed by atoms with Gasteiger partial charge in [-0.05, 0) is 74.8 Å². The van der Waals surface area contributed by atoms with Gasteiger partial charge in [-0.1, -0.05) is 78.2 Å². The molecule has 53 heavy (non-hydrogen) atoms. The van der Waals surface area contributed by atoms with E-state index in [9.17, 15) is 36.0 Å². The third-order valence-electron chi connectivity index (χ3n) is 12.1. The maximum absolute atomic E-state index is 14.6. The first-order chi connectivity index (χ1) is 24.3. The largest absolute Gasteiger partial charge is 0.339 e. The molecule has 1 aromatic rings. The molecule has 4 aliphatic rings. The maximum atomic E-state index is 14.6. The van der Waals surface area contributed by atoms with Gasteiger partial charge in [-0.15, -0.1) is 6.58 Å². The number of nitrogens with zero attached hydrogens (tertiary/aromatic N) is 1. The molecule has 5 unspecified atom stereocenters. The van der Waals surface area contributed by atoms with Crippen molar-refractivity contribution in [2.24, 2.45) is 28.6 Å². The second-order valence-corrected chi connectivity index (χ2v) is 22.7. The summed E-state index contributed by atoms with van der Waals surface area (Å²) in [6.07, 6.45) is 5.06. The molecule has 3 aliphatic carbocycles. The second-order valence-electron chi connectivity index (χ2n) is 18.3. The minimum Gasteiger partial charge on any atom is -0.339 e. The number of piperidine rings is 1. The predicted molar refractivity (Wildman–Crippen MR) is 201 cm³/mol. The van der Waals surface area contributed by atoms with Crippen molar-refractivity contribution in [3.05, 3.63) is 43.0 Å². The molecule has 3 saturated carbocycles. The van der Waals surface area contributed by atoms with E-state index in [1.165, 1.54) is 35.2 Å². The number of urea groups is 1. The van der Waals surface area contributed by atoms with Crippen LogP contribution in [-0.2, 0) is 34.2 Å². The molecule has 0 aromatic heterocycles. The van der Waals surface area contributed by atoms with Crippen LogP contribution in [0.2, 0.25) is 0 Å². The molecule has 0 bridgehead atoms. The van der Waals surface area contributed by atoms with Gasteiger partial charge in [-0.25, -0.2) is 26.4 Å². The fourth-order valence-electron chi connectivity index (χ4n) is 8.35. The highest BCUT2D eigenvalue weighted by molar-refractivity contribution is 7.92. The highest BCUT2D eigenvalue weighted by Gasteiger charge is 2.71. The van der Waals surface area contributed by atoms with Crippen LogP contribution in [0.15, 0.2) is 47.9 Å². The Morgan fingerprint density at radius 1 is 0.943 bits per heavy atom. The van der Waals surface area contributed by atoms with Crippen LogP contribution in [0.1, 0.15) is 93.9 Å². The summed E-state index contributed by atoms with van der Waals surface area (Å²) in [5, 5.41) is 8.69. The molecule has 0 radical (unpaired) electrons. The normalized spacial score (nSPS) is 28.1. The summed E-state index contributed by atoms with van der Waals surface area (Å²) in [6, 6.07) is 4.71. The third-order valence-corrected chi connectivity index (χ3v) is 16.2. The first-order valence-corrected chi connectivity index (χ1v) is 21.6. The van der Waals surface area contributed by atoms with Crippen LogP contribution in [0, 0.1) is 28.6 Å². The number of hydrogen-bond donors (Lipinski definition) is 4. The van der Waals surface area contributed by atoms with Crippen LogP contribution < -0.4 is 20.7 Å². The summed E-state index contributed by atoms with van der Waals surface area (Å²) >= 11 is 0. The van der Waals surface area contributed by atoms with Crippen LogP contribution in [0.5, 0.6) is 0 Å². The lowest BCUT2D eigenvalue weighted by atomic mass is 9.83. The van der Waals surface area contributed by atoms with Crippen molar-refractivity contribution in [1.82, 2.24) is 25.6 Å². The second kappa shape index (κ2) is 13.7. The van der Waals surface area contributed by atoms with Crippen molar-refractivity contribution in [3.8, 4) is 0 Å². The monoisotopic (exact) mass is 775 g/mol. The molecule has 1 aliphatic heterocycles. The van der Waals surface area contributed by atoms with E-state index < -0.39 is 82.9 Å². The zero-order chi connectivity index (χ0) is 39.6. The highest BCUT2D eigenvalue weighted by atomic mass is 32.2. The van der Waals surface area contributed by atoms with E-state index in [4.69, 9.17) is 0 Å². The van der Waals surface area contributed by atoms with Crippen LogP contribution >= 0.6 is 0 Å². The standard InChI is InChI=1S/C38H57N5O8S2/c1-10-24-21-38(24,32(46)42-53(50,51)25-17-13-11-14-18-25)40-30(44)28-27-26(36(27,8)9)22-43(28)31(45)29(34(2,3)4)39-33(47)41-37(19-15-12-16-20-37)23-52(48,49)35(5,6)7/h10-11,13-14,17-18,24,26-29H,1,12,15-16,19-23H2,2-9H3,(H,40,44)(H,42,46)(H2,39,41,47)/t24?,26?,27?,28?,29?,38-/m1/s1. The Hall–Kier alpha value is -3.46. The number of sulfonamides is 1. The molecule has 4 N–H and O–H groups in total. The van der Waals surface area contributed by atoms with Gasteiger partial charge < -0.3 is 20.9 Å². The Bertz CT molecular complexity index is 1860. The molecule has 13 nitrogen and oxygen atoms in total. The summed E-state index contributed by atoms with van der Waals surface area (Å²) < 4.78 is 53.9. The average Bonchev–Trinajstić information content (AvgIpc) is 3.81. The third kappa shape index (κ3) is 7.88. The van der Waals surface area contributed by atoms with E-state index in [0.717, 1.165) is 19.3 Å². The van der Waals surface area contributed by atoms with Crippen LogP contribution in [0.4, 0.5) is 4.79 Å². The molecule has 6 atom stereocenters. The summed E-state index contributed by atoms with van der Waals surface area (Å²) in [5.74, 6) is -2.95. The number of sulfone groups is 1. The van der Waals surface area contributed by atoms with Crippen LogP contribution in [0.25, 0.3) is 0 Å². The number of benzene rings is 1. The predicted octanol–water partition coefficient (Wildman–Crippen LogP) is 3.67. The SMILES string of the molecule is C=CC1C[C@]1(NC(=O)C1C2C(CN1C(=O)C(NC(=O)NC1(CS(=O)(=O)C(C)(C)C)CCCCC1)C(C)(C)C)C2(C)C)C(=O)NS(=O)(=O)c1ccccc1. The molecule has 294 valence electrons. The Balaban J connectivity index is 1.37. The smallest absolute Gasteiger partial charge is 0.315 e. The van der Waals surface area contributed by atoms with E-state index in [2.05, 4.69) is 27.3 Å². The molecule has 1 aromatic carbocycles. The lowest BCUT2D eigenvalue weighted by molar-refractivity contribution is -0.144. The van der Waals surface area contributed by atoms with Gasteiger partial charge in [-0.2, -0.15) is 0 Å². The molecule has 0 spiro atoms. The number of likely N-dealkylation sites (tertiary alicyclic amines) is 1. The van der Waals surface area contributed by atoms with Crippen molar-refractivity contribution < 1.29 is 36.0 Å². The fourth-order valence-corrected chi connectivity index (χ4v) is 10.9. The Morgan fingerprint density at radius 2 is 1.55 bits per heavy atom. The number of nitrogens with one attached hydrogen (secondary N) is 4. The minimum absolute atomic E-state index is 0.0117. The van der Waals surface area contributed by atoms with Crippen LogP contribution in [0.3, 0.4) is 0 Å². The van der Waals surface area contributed by atoms with E-state index >= 15 is 0 Å². The number of carbonyl (C=O) groups excluding carboxylic acids is 4. The van der Waals surface area contributed by atoms with Gasteiger partial charge in [-0.3, -0.25) is 14.4 Å². The van der Waals surface area contributed by atoms with Gasteiger partial charge in [0.1, 0.15) is 17.6 Å². The molecular formula is C38H57N5O8S2. The number of carbonyl (C=O) groups is 4. The van der Waals surface area contributed by atoms with E-state index in [-0.39, 0.29) is 40.9 Å². The van der Waals surface area contributed by atoms with E-state index in [1.54, 1.807) is 47.6 Å². The molecule has 5 rings (SSSR count). The van der Waals surface area contributed by atoms with Gasteiger partial charge in [0.05, 0.1) is 20.9 Å². The lowest BCUT2D eigenvalue weighted by Gasteiger charge is -2.41. The Morgan fingerprint density at radius 3 is 2.08 bits per heavy atom. The maximum Gasteiger partial charge on any atom is 0.315 e. The minimum atomic E-state index is -4.24. The topological polar surface area (TPSA) is 188 Å². The number of rotatable bonds is 11. The highest BCUT2D eigenvalue weighted by Crippen LogP contribution is 2.65. The van der Waals surface area contributed by atoms with Crippen molar-refractivity contribution >= 4 is 43.6 Å². The van der Waals surface area contributed by atoms with Gasteiger partial charge in [0.25, 0.3) is 15.9 Å². The number of hydrogen-bond acceptors (Lipinski definition) is 8. The summed E-state index contributed by atoms with van der Waals surface area (Å²) in [5.41, 5.74) is -3.65. The number of fused-ring (bicyclic) bond motifs is 1. The van der Waals surface area contributed by atoms with Gasteiger partial charge >= 0.3 is 6.03 Å². The first kappa shape index (κ1) is 40.7. The zero-order valence-electron chi connectivity index (χ0n) is 32.2. The van der Waals surface area contributed by atoms with Crippen molar-refractivity contribution in [1.29, 1.82) is 0 Å². The van der Waals surface area contributed by atoms with Crippen LogP contribution in [-0.4, -0.2) is 85.7 Å². The molecule has 1 saturated heterocycles. The molecular weight excluding hydrogens is 719 g/mol. The molecule has 1 heterocycles. The van der Waals surface area contributed by atoms with Crippen molar-refractivity contribution in [2.45, 2.75) is 127 Å². The Labute approximate surface area is 314 Å². The molecule has 4 fully saturated rings. The van der Waals surface area contributed by atoms with Crippen molar-refractivity contribution in [3.63, 3.8) is 0 Å². The average molecular weight is 776 g/mol. The lowest BCUT2D eigenvalue weighted by Crippen LogP contribution is -2.64. The summed E-state index contributed by atoms with van der Waals surface area (Å²) in [4.78, 5) is 57.7. The van der Waals surface area contributed by atoms with Gasteiger partial charge in [0.15, 0.2) is 9.84 Å².